The van der Waals surface area contributed by atoms with Gasteiger partial charge in [0.2, 0.25) is 10.0 Å². The van der Waals surface area contributed by atoms with E-state index in [1.165, 1.54) is 7.11 Å². The van der Waals surface area contributed by atoms with E-state index in [4.69, 9.17) is 4.74 Å². The second-order valence-corrected chi connectivity index (χ2v) is 5.55. The number of rotatable bonds is 8. The normalized spacial score (nSPS) is 11.2. The molecule has 122 valence electrons. The van der Waals surface area contributed by atoms with Crippen molar-refractivity contribution in [2.75, 3.05) is 33.4 Å². The second kappa shape index (κ2) is 9.21. The van der Waals surface area contributed by atoms with Crippen molar-refractivity contribution in [3.05, 3.63) is 29.6 Å². The van der Waals surface area contributed by atoms with Crippen LogP contribution < -0.4 is 10.0 Å². The van der Waals surface area contributed by atoms with Crippen molar-refractivity contribution in [2.24, 2.45) is 0 Å². The molecule has 0 bridgehead atoms. The summed E-state index contributed by atoms with van der Waals surface area (Å²) in [6.07, 6.45) is 0. The summed E-state index contributed by atoms with van der Waals surface area (Å²) in [6.45, 7) is 1.25. The molecule has 10 heteroatoms. The summed E-state index contributed by atoms with van der Waals surface area (Å²) in [5, 5.41) is 2.87. The van der Waals surface area contributed by atoms with E-state index >= 15 is 0 Å². The number of hydrogen-bond donors (Lipinski definition) is 2. The summed E-state index contributed by atoms with van der Waals surface area (Å²) < 4.78 is 69.3. The fourth-order valence-electron chi connectivity index (χ4n) is 1.37. The van der Waals surface area contributed by atoms with E-state index in [1.807, 2.05) is 0 Å². The van der Waals surface area contributed by atoms with E-state index in [-0.39, 0.29) is 25.5 Å². The number of halogens is 4. The van der Waals surface area contributed by atoms with Crippen LogP contribution in [0.25, 0.3) is 0 Å². The van der Waals surface area contributed by atoms with Crippen LogP contribution in [-0.4, -0.2) is 41.8 Å². The second-order valence-electron chi connectivity index (χ2n) is 3.81. The Morgan fingerprint density at radius 1 is 1.10 bits per heavy atom. The number of benzene rings is 1. The van der Waals surface area contributed by atoms with Crippen molar-refractivity contribution >= 4 is 22.4 Å². The van der Waals surface area contributed by atoms with Crippen LogP contribution in [0.1, 0.15) is 0 Å². The molecule has 1 rings (SSSR count). The summed E-state index contributed by atoms with van der Waals surface area (Å²) in [5.74, 6) is -4.99. The Kier molecular flexibility index (Phi) is 8.83. The molecule has 0 saturated heterocycles. The van der Waals surface area contributed by atoms with E-state index in [0.29, 0.717) is 25.3 Å². The molecule has 0 saturated carbocycles. The van der Waals surface area contributed by atoms with E-state index < -0.39 is 32.4 Å². The fraction of sp³-hybridized carbons (Fsp3) is 0.455. The molecule has 0 radical (unpaired) electrons. The Hall–Kier alpha value is -0.870. The lowest BCUT2D eigenvalue weighted by Gasteiger charge is -2.09. The molecule has 0 spiro atoms. The number of methoxy groups -OCH3 is 1. The molecule has 1 aromatic rings. The van der Waals surface area contributed by atoms with E-state index in [9.17, 15) is 21.6 Å². The predicted molar refractivity (Wildman–Crippen MR) is 73.5 cm³/mol. The van der Waals surface area contributed by atoms with Gasteiger partial charge >= 0.3 is 0 Å². The van der Waals surface area contributed by atoms with Crippen molar-refractivity contribution in [3.8, 4) is 0 Å². The quantitative estimate of drug-likeness (QED) is 0.544. The Labute approximate surface area is 127 Å². The number of ether oxygens (including phenoxy) is 1. The lowest BCUT2D eigenvalue weighted by atomic mass is 10.3. The standard InChI is InChI=1S/C11H15F3N2O3S.ClH/c1-19-7-6-15-4-5-16-20(17,18)9-3-2-8(12)10(13)11(9)14;/h2-3,15-16H,4-7H2,1H3;1H. The van der Waals surface area contributed by atoms with Crippen LogP contribution in [0.3, 0.4) is 0 Å². The molecule has 0 heterocycles. The average Bonchev–Trinajstić information content (AvgIpc) is 2.39. The van der Waals surface area contributed by atoms with Gasteiger partial charge in [0.1, 0.15) is 4.90 Å². The SMILES string of the molecule is COCCNCCNS(=O)(=O)c1ccc(F)c(F)c1F.Cl. The summed E-state index contributed by atoms with van der Waals surface area (Å²) in [5.41, 5.74) is 0. The van der Waals surface area contributed by atoms with Crippen molar-refractivity contribution in [1.82, 2.24) is 10.0 Å². The smallest absolute Gasteiger partial charge is 0.243 e. The third kappa shape index (κ3) is 5.79. The van der Waals surface area contributed by atoms with Gasteiger partial charge in [0.15, 0.2) is 17.5 Å². The highest BCUT2D eigenvalue weighted by Gasteiger charge is 2.23. The van der Waals surface area contributed by atoms with Crippen LogP contribution in [0.15, 0.2) is 17.0 Å². The van der Waals surface area contributed by atoms with Gasteiger partial charge in [-0.15, -0.1) is 12.4 Å². The highest BCUT2D eigenvalue weighted by atomic mass is 35.5. The molecule has 0 fully saturated rings. The molecular formula is C11H16ClF3N2O3S. The maximum absolute atomic E-state index is 13.4. The first-order valence-electron chi connectivity index (χ1n) is 5.73. The average molecular weight is 349 g/mol. The molecule has 0 amide bonds. The number of hydrogen-bond acceptors (Lipinski definition) is 4. The summed E-state index contributed by atoms with van der Waals surface area (Å²) in [6, 6.07) is 1.23. The molecule has 0 aromatic heterocycles. The van der Waals surface area contributed by atoms with Crippen molar-refractivity contribution in [3.63, 3.8) is 0 Å². The minimum absolute atomic E-state index is 0. The van der Waals surface area contributed by atoms with Gasteiger partial charge in [-0.2, -0.15) is 0 Å². The third-order valence-electron chi connectivity index (χ3n) is 2.37. The van der Waals surface area contributed by atoms with E-state index in [0.717, 1.165) is 0 Å². The molecule has 0 aliphatic heterocycles. The van der Waals surface area contributed by atoms with Crippen LogP contribution in [0.2, 0.25) is 0 Å². The van der Waals surface area contributed by atoms with Gasteiger partial charge in [0.25, 0.3) is 0 Å². The van der Waals surface area contributed by atoms with Crippen LogP contribution in [-0.2, 0) is 14.8 Å². The van der Waals surface area contributed by atoms with Crippen molar-refractivity contribution < 1.29 is 26.3 Å². The largest absolute Gasteiger partial charge is 0.383 e. The first-order valence-corrected chi connectivity index (χ1v) is 7.21. The number of nitrogens with one attached hydrogen (secondary N) is 2. The first-order chi connectivity index (χ1) is 9.40. The lowest BCUT2D eigenvalue weighted by Crippen LogP contribution is -2.33. The molecule has 1 aromatic carbocycles. The molecule has 0 atom stereocenters. The van der Waals surface area contributed by atoms with Crippen LogP contribution in [0.5, 0.6) is 0 Å². The zero-order valence-corrected chi connectivity index (χ0v) is 12.8. The van der Waals surface area contributed by atoms with Crippen molar-refractivity contribution in [2.45, 2.75) is 4.90 Å². The minimum Gasteiger partial charge on any atom is -0.383 e. The third-order valence-corrected chi connectivity index (χ3v) is 3.84. The first kappa shape index (κ1) is 20.1. The summed E-state index contributed by atoms with van der Waals surface area (Å²) >= 11 is 0. The zero-order chi connectivity index (χ0) is 15.2. The molecule has 0 aliphatic rings. The van der Waals surface area contributed by atoms with Gasteiger partial charge in [-0.3, -0.25) is 0 Å². The van der Waals surface area contributed by atoms with Crippen LogP contribution >= 0.6 is 12.4 Å². The van der Waals surface area contributed by atoms with Gasteiger partial charge in [-0.1, -0.05) is 0 Å². The topological polar surface area (TPSA) is 67.4 Å². The molecule has 2 N–H and O–H groups in total. The minimum atomic E-state index is -4.23. The van der Waals surface area contributed by atoms with Crippen LogP contribution in [0, 0.1) is 17.5 Å². The molecule has 21 heavy (non-hydrogen) atoms. The molecular weight excluding hydrogens is 333 g/mol. The Balaban J connectivity index is 0.00000400. The van der Waals surface area contributed by atoms with E-state index in [1.54, 1.807) is 0 Å². The lowest BCUT2D eigenvalue weighted by molar-refractivity contribution is 0.199. The molecule has 0 unspecified atom stereocenters. The monoisotopic (exact) mass is 348 g/mol. The zero-order valence-electron chi connectivity index (χ0n) is 11.2. The van der Waals surface area contributed by atoms with Gasteiger partial charge in [0.05, 0.1) is 6.61 Å². The van der Waals surface area contributed by atoms with Crippen molar-refractivity contribution in [1.29, 1.82) is 0 Å². The van der Waals surface area contributed by atoms with E-state index in [2.05, 4.69) is 10.0 Å². The molecule has 0 aliphatic carbocycles. The Morgan fingerprint density at radius 3 is 2.38 bits per heavy atom. The predicted octanol–water partition coefficient (Wildman–Crippen LogP) is 1.04. The van der Waals surface area contributed by atoms with Gasteiger partial charge < -0.3 is 10.1 Å². The summed E-state index contributed by atoms with van der Waals surface area (Å²) in [7, 11) is -2.70. The molecule has 5 nitrogen and oxygen atoms in total. The van der Waals surface area contributed by atoms with Gasteiger partial charge in [0, 0.05) is 26.7 Å². The Bertz CT molecular complexity index is 558. The Morgan fingerprint density at radius 2 is 1.76 bits per heavy atom. The number of sulfonamides is 1. The highest BCUT2D eigenvalue weighted by molar-refractivity contribution is 7.89. The maximum atomic E-state index is 13.4. The van der Waals surface area contributed by atoms with Gasteiger partial charge in [-0.05, 0) is 12.1 Å². The van der Waals surface area contributed by atoms with Gasteiger partial charge in [-0.25, -0.2) is 26.3 Å². The van der Waals surface area contributed by atoms with Crippen LogP contribution in [0.4, 0.5) is 13.2 Å². The summed E-state index contributed by atoms with van der Waals surface area (Å²) in [4.78, 5) is -0.923. The fourth-order valence-corrected chi connectivity index (χ4v) is 2.47. The highest BCUT2D eigenvalue weighted by Crippen LogP contribution is 2.19. The maximum Gasteiger partial charge on any atom is 0.243 e.